The van der Waals surface area contributed by atoms with Crippen molar-refractivity contribution in [2.75, 3.05) is 0 Å². The Kier molecular flexibility index (Phi) is 4.58. The van der Waals surface area contributed by atoms with Crippen LogP contribution in [0.25, 0.3) is 0 Å². The molecule has 2 nitrogen and oxygen atoms in total. The highest BCUT2D eigenvalue weighted by Gasteiger charge is 2.29. The molecule has 0 aromatic carbocycles. The fourth-order valence-electron chi connectivity index (χ4n) is 3.32. The Morgan fingerprint density at radius 2 is 2.15 bits per heavy atom. The molecule has 0 bridgehead atoms. The van der Waals surface area contributed by atoms with E-state index in [9.17, 15) is 0 Å². The highest BCUT2D eigenvalue weighted by Crippen LogP contribution is 2.39. The highest BCUT2D eigenvalue weighted by atomic mass is 32.1. The first-order chi connectivity index (χ1) is 9.88. The Labute approximate surface area is 125 Å². The van der Waals surface area contributed by atoms with Crippen molar-refractivity contribution in [2.24, 2.45) is 5.92 Å². The molecule has 0 aliphatic heterocycles. The second-order valence-corrected chi connectivity index (χ2v) is 6.66. The van der Waals surface area contributed by atoms with Gasteiger partial charge in [-0.15, -0.1) is 11.3 Å². The first kappa shape index (κ1) is 13.9. The Hall–Kier alpha value is -1.06. The van der Waals surface area contributed by atoms with Gasteiger partial charge in [0.25, 0.3) is 0 Å². The van der Waals surface area contributed by atoms with Gasteiger partial charge >= 0.3 is 0 Å². The summed E-state index contributed by atoms with van der Waals surface area (Å²) in [6.07, 6.45) is 8.29. The third-order valence-corrected chi connectivity index (χ3v) is 5.35. The minimum absolute atomic E-state index is 0.317. The molecular weight excluding hydrogens is 266 g/mol. The molecule has 1 fully saturated rings. The number of thiophene rings is 1. The van der Waals surface area contributed by atoms with Crippen LogP contribution in [-0.2, 0) is 0 Å². The van der Waals surface area contributed by atoms with Crippen LogP contribution in [0, 0.1) is 5.92 Å². The average Bonchev–Trinajstić information content (AvgIpc) is 3.23. The minimum Gasteiger partial charge on any atom is -0.468 e. The van der Waals surface area contributed by atoms with Gasteiger partial charge < -0.3 is 4.42 Å². The fourth-order valence-corrected chi connectivity index (χ4v) is 4.20. The van der Waals surface area contributed by atoms with Gasteiger partial charge in [0.2, 0.25) is 0 Å². The lowest BCUT2D eigenvalue weighted by molar-refractivity contribution is 0.303. The van der Waals surface area contributed by atoms with Crippen molar-refractivity contribution in [2.45, 2.75) is 51.1 Å². The summed E-state index contributed by atoms with van der Waals surface area (Å²) in [5.74, 6) is 1.84. The van der Waals surface area contributed by atoms with Gasteiger partial charge in [0.15, 0.2) is 0 Å². The normalized spacial score (nSPS) is 19.2. The average molecular weight is 289 g/mol. The van der Waals surface area contributed by atoms with Crippen LogP contribution in [0.1, 0.15) is 61.7 Å². The van der Waals surface area contributed by atoms with E-state index >= 15 is 0 Å². The Morgan fingerprint density at radius 1 is 1.30 bits per heavy atom. The van der Waals surface area contributed by atoms with Crippen molar-refractivity contribution in [1.29, 1.82) is 0 Å². The summed E-state index contributed by atoms with van der Waals surface area (Å²) in [7, 11) is 0. The molecule has 0 radical (unpaired) electrons. The van der Waals surface area contributed by atoms with Crippen LogP contribution in [0.4, 0.5) is 0 Å². The van der Waals surface area contributed by atoms with E-state index in [0.717, 1.165) is 18.1 Å². The molecule has 1 saturated carbocycles. The SMILES string of the molecule is CCC(NC(c1cccs1)C1CCCC1)c1ccco1. The van der Waals surface area contributed by atoms with E-state index in [4.69, 9.17) is 4.42 Å². The summed E-state index contributed by atoms with van der Waals surface area (Å²) in [6.45, 7) is 2.22. The highest BCUT2D eigenvalue weighted by molar-refractivity contribution is 7.10. The largest absolute Gasteiger partial charge is 0.468 e. The van der Waals surface area contributed by atoms with Crippen LogP contribution < -0.4 is 5.32 Å². The van der Waals surface area contributed by atoms with Gasteiger partial charge in [0.05, 0.1) is 12.3 Å². The van der Waals surface area contributed by atoms with Gasteiger partial charge in [-0.3, -0.25) is 5.32 Å². The zero-order valence-corrected chi connectivity index (χ0v) is 12.9. The van der Waals surface area contributed by atoms with Crippen molar-refractivity contribution in [1.82, 2.24) is 5.32 Å². The molecule has 2 aromatic rings. The molecule has 20 heavy (non-hydrogen) atoms. The molecule has 2 heterocycles. The molecular formula is C17H23NOS. The van der Waals surface area contributed by atoms with Gasteiger partial charge in [-0.1, -0.05) is 25.8 Å². The monoisotopic (exact) mass is 289 g/mol. The molecule has 3 rings (SSSR count). The van der Waals surface area contributed by atoms with Crippen molar-refractivity contribution >= 4 is 11.3 Å². The van der Waals surface area contributed by atoms with E-state index in [-0.39, 0.29) is 0 Å². The van der Waals surface area contributed by atoms with Gasteiger partial charge in [0.1, 0.15) is 5.76 Å². The number of furan rings is 1. The van der Waals surface area contributed by atoms with Gasteiger partial charge in [-0.2, -0.15) is 0 Å². The quantitative estimate of drug-likeness (QED) is 0.779. The van der Waals surface area contributed by atoms with E-state index in [0.29, 0.717) is 12.1 Å². The number of hydrogen-bond acceptors (Lipinski definition) is 3. The van der Waals surface area contributed by atoms with Crippen LogP contribution >= 0.6 is 11.3 Å². The lowest BCUT2D eigenvalue weighted by atomic mass is 9.95. The molecule has 1 N–H and O–H groups in total. The standard InChI is InChI=1S/C17H23NOS/c1-2-14(15-9-5-11-19-15)18-17(13-7-3-4-8-13)16-10-6-12-20-16/h5-6,9-14,17-18H,2-4,7-8H2,1H3. The van der Waals surface area contributed by atoms with Crippen molar-refractivity contribution in [3.05, 3.63) is 46.5 Å². The van der Waals surface area contributed by atoms with E-state index in [1.54, 1.807) is 6.26 Å². The predicted molar refractivity (Wildman–Crippen MR) is 83.9 cm³/mol. The molecule has 108 valence electrons. The van der Waals surface area contributed by atoms with E-state index in [2.05, 4.69) is 35.8 Å². The molecule has 0 amide bonds. The zero-order chi connectivity index (χ0) is 13.8. The van der Waals surface area contributed by atoms with Gasteiger partial charge in [-0.25, -0.2) is 0 Å². The molecule has 2 unspecified atom stereocenters. The molecule has 3 heteroatoms. The summed E-state index contributed by atoms with van der Waals surface area (Å²) >= 11 is 1.87. The molecule has 1 aliphatic rings. The summed E-state index contributed by atoms with van der Waals surface area (Å²) in [6, 6.07) is 9.30. The van der Waals surface area contributed by atoms with Crippen molar-refractivity contribution in [3.63, 3.8) is 0 Å². The minimum atomic E-state index is 0.317. The summed E-state index contributed by atoms with van der Waals surface area (Å²) in [4.78, 5) is 1.47. The number of hydrogen-bond donors (Lipinski definition) is 1. The fraction of sp³-hybridized carbons (Fsp3) is 0.529. The van der Waals surface area contributed by atoms with Crippen LogP contribution in [-0.4, -0.2) is 0 Å². The van der Waals surface area contributed by atoms with Crippen molar-refractivity contribution < 1.29 is 4.42 Å². The van der Waals surface area contributed by atoms with Gasteiger partial charge in [-0.05, 0) is 48.8 Å². The van der Waals surface area contributed by atoms with Gasteiger partial charge in [0, 0.05) is 10.9 Å². The third-order valence-electron chi connectivity index (χ3n) is 4.40. The summed E-state index contributed by atoms with van der Waals surface area (Å²) < 4.78 is 5.61. The summed E-state index contributed by atoms with van der Waals surface area (Å²) in [5.41, 5.74) is 0. The third kappa shape index (κ3) is 2.99. The first-order valence-electron chi connectivity index (χ1n) is 7.71. The van der Waals surface area contributed by atoms with Crippen LogP contribution in [0.3, 0.4) is 0 Å². The zero-order valence-electron chi connectivity index (χ0n) is 12.0. The molecule has 2 aromatic heterocycles. The lowest BCUT2D eigenvalue weighted by Crippen LogP contribution is -2.30. The second kappa shape index (κ2) is 6.59. The maximum absolute atomic E-state index is 5.61. The van der Waals surface area contributed by atoms with Crippen LogP contribution in [0.2, 0.25) is 0 Å². The molecule has 1 aliphatic carbocycles. The predicted octanol–water partition coefficient (Wildman–Crippen LogP) is 5.31. The van der Waals surface area contributed by atoms with E-state index in [1.165, 1.54) is 30.6 Å². The molecule has 0 spiro atoms. The smallest absolute Gasteiger partial charge is 0.120 e. The first-order valence-corrected chi connectivity index (χ1v) is 8.59. The molecule has 2 atom stereocenters. The maximum Gasteiger partial charge on any atom is 0.120 e. The number of rotatable bonds is 6. The second-order valence-electron chi connectivity index (χ2n) is 5.68. The van der Waals surface area contributed by atoms with E-state index < -0.39 is 0 Å². The topological polar surface area (TPSA) is 25.2 Å². The molecule has 0 saturated heterocycles. The van der Waals surface area contributed by atoms with Crippen molar-refractivity contribution in [3.8, 4) is 0 Å². The van der Waals surface area contributed by atoms with Crippen LogP contribution in [0.5, 0.6) is 0 Å². The Morgan fingerprint density at radius 3 is 2.75 bits per heavy atom. The Balaban J connectivity index is 1.78. The number of nitrogens with one attached hydrogen (secondary N) is 1. The van der Waals surface area contributed by atoms with Crippen LogP contribution in [0.15, 0.2) is 40.3 Å². The van der Waals surface area contributed by atoms with E-state index in [1.807, 2.05) is 17.4 Å². The summed E-state index contributed by atoms with van der Waals surface area (Å²) in [5, 5.41) is 6.05. The maximum atomic E-state index is 5.61. The lowest BCUT2D eigenvalue weighted by Gasteiger charge is -2.28. The Bertz CT molecular complexity index is 485.